The fraction of sp³-hybridized carbons (Fsp3) is 0.419. The Balaban J connectivity index is 1.63. The average Bonchev–Trinajstić information content (AvgIpc) is 2.91. The lowest BCUT2D eigenvalue weighted by atomic mass is 9.79. The molecule has 1 N–H and O–H groups in total. The van der Waals surface area contributed by atoms with Crippen LogP contribution in [0.2, 0.25) is 0 Å². The smallest absolute Gasteiger partial charge is 0.165 e. The fourth-order valence-electron chi connectivity index (χ4n) is 5.18. The number of nitrogens with zero attached hydrogens (tertiary/aromatic N) is 2. The summed E-state index contributed by atoms with van der Waals surface area (Å²) in [6.07, 6.45) is 2.74. The Bertz CT molecular complexity index is 1250. The lowest BCUT2D eigenvalue weighted by molar-refractivity contribution is 0.252. The Morgan fingerprint density at radius 2 is 1.71 bits per heavy atom. The lowest BCUT2D eigenvalue weighted by Crippen LogP contribution is -2.25. The van der Waals surface area contributed by atoms with Gasteiger partial charge in [-0.25, -0.2) is 4.39 Å². The summed E-state index contributed by atoms with van der Waals surface area (Å²) in [5.41, 5.74) is 5.58. The summed E-state index contributed by atoms with van der Waals surface area (Å²) in [5.74, 6) is 1.88. The molecular formula is C31H39FN2O4. The molecular weight excluding hydrogens is 483 g/mol. The highest BCUT2D eigenvalue weighted by atomic mass is 19.1. The molecule has 3 aromatic rings. The van der Waals surface area contributed by atoms with Crippen molar-refractivity contribution in [1.82, 2.24) is 4.90 Å². The summed E-state index contributed by atoms with van der Waals surface area (Å²) >= 11 is 0. The molecule has 1 atom stereocenters. The van der Waals surface area contributed by atoms with Gasteiger partial charge in [0.15, 0.2) is 23.1 Å². The first kappa shape index (κ1) is 27.6. The van der Waals surface area contributed by atoms with E-state index in [9.17, 15) is 9.50 Å². The SMILES string of the molecule is CCN(Cc1ccc(OCCN(C)C)c(F)c1)c1cc(OC)c(OC)cc1C1CCc2cc(O)ccc2C1. The monoisotopic (exact) mass is 522 g/mol. The van der Waals surface area contributed by atoms with E-state index in [0.717, 1.165) is 43.6 Å². The number of rotatable bonds is 11. The third-order valence-electron chi connectivity index (χ3n) is 7.28. The highest BCUT2D eigenvalue weighted by Gasteiger charge is 2.26. The van der Waals surface area contributed by atoms with Gasteiger partial charge in [0.05, 0.1) is 14.2 Å². The molecule has 0 saturated heterocycles. The van der Waals surface area contributed by atoms with Gasteiger partial charge in [-0.05, 0) is 98.8 Å². The van der Waals surface area contributed by atoms with Crippen molar-refractivity contribution in [2.45, 2.75) is 38.6 Å². The van der Waals surface area contributed by atoms with Crippen LogP contribution in [-0.4, -0.2) is 58.0 Å². The molecule has 0 aliphatic heterocycles. The Morgan fingerprint density at radius 1 is 0.947 bits per heavy atom. The van der Waals surface area contributed by atoms with E-state index in [0.29, 0.717) is 30.4 Å². The zero-order valence-electron chi connectivity index (χ0n) is 23.1. The van der Waals surface area contributed by atoms with Crippen LogP contribution in [0.25, 0.3) is 0 Å². The van der Waals surface area contributed by atoms with Gasteiger partial charge < -0.3 is 29.1 Å². The molecule has 204 valence electrons. The Hall–Kier alpha value is -3.45. The van der Waals surface area contributed by atoms with E-state index in [1.807, 2.05) is 43.3 Å². The third-order valence-corrected chi connectivity index (χ3v) is 7.28. The number of ether oxygens (including phenoxy) is 3. The van der Waals surface area contributed by atoms with Gasteiger partial charge in [0, 0.05) is 31.4 Å². The largest absolute Gasteiger partial charge is 0.508 e. The topological polar surface area (TPSA) is 54.4 Å². The third kappa shape index (κ3) is 6.33. The second-order valence-corrected chi connectivity index (χ2v) is 10.1. The number of benzene rings is 3. The van der Waals surface area contributed by atoms with Crippen LogP contribution < -0.4 is 19.1 Å². The summed E-state index contributed by atoms with van der Waals surface area (Å²) in [5, 5.41) is 9.91. The normalized spacial score (nSPS) is 14.8. The van der Waals surface area contributed by atoms with Gasteiger partial charge >= 0.3 is 0 Å². The molecule has 0 amide bonds. The van der Waals surface area contributed by atoms with Gasteiger partial charge in [0.1, 0.15) is 12.4 Å². The molecule has 0 aromatic heterocycles. The van der Waals surface area contributed by atoms with Crippen molar-refractivity contribution in [2.24, 2.45) is 0 Å². The summed E-state index contributed by atoms with van der Waals surface area (Å²) in [6, 6.07) is 15.0. The van der Waals surface area contributed by atoms with Gasteiger partial charge in [-0.15, -0.1) is 0 Å². The first-order chi connectivity index (χ1) is 18.3. The fourth-order valence-corrected chi connectivity index (χ4v) is 5.18. The standard InChI is InChI=1S/C31H39FN2O4/c1-6-34(20-21-7-12-29(27(32)15-21)38-14-13-33(2)3)28-19-31(37-5)30(36-4)18-26(28)24-9-8-23-17-25(35)11-10-22(23)16-24/h7,10-12,15,17-19,24,35H,6,8-9,13-14,16,20H2,1-5H3. The number of methoxy groups -OCH3 is 2. The number of fused-ring (bicyclic) bond motifs is 1. The Morgan fingerprint density at radius 3 is 2.39 bits per heavy atom. The van der Waals surface area contributed by atoms with Crippen LogP contribution in [0.1, 0.15) is 41.5 Å². The van der Waals surface area contributed by atoms with Crippen LogP contribution in [0, 0.1) is 5.82 Å². The molecule has 0 heterocycles. The van der Waals surface area contributed by atoms with E-state index in [1.54, 1.807) is 32.4 Å². The molecule has 7 heteroatoms. The first-order valence-corrected chi connectivity index (χ1v) is 13.2. The van der Waals surface area contributed by atoms with Crippen molar-refractivity contribution in [2.75, 3.05) is 52.9 Å². The van der Waals surface area contributed by atoms with E-state index >= 15 is 0 Å². The minimum atomic E-state index is -0.350. The zero-order chi connectivity index (χ0) is 27.2. The van der Waals surface area contributed by atoms with Crippen molar-refractivity contribution in [3.63, 3.8) is 0 Å². The lowest BCUT2D eigenvalue weighted by Gasteiger charge is -2.32. The summed E-state index contributed by atoms with van der Waals surface area (Å²) < 4.78 is 31.8. The molecule has 0 saturated carbocycles. The number of likely N-dealkylation sites (N-methyl/N-ethyl adjacent to an activating group) is 1. The van der Waals surface area contributed by atoms with Crippen LogP contribution in [-0.2, 0) is 19.4 Å². The van der Waals surface area contributed by atoms with Crippen molar-refractivity contribution < 1.29 is 23.7 Å². The highest BCUT2D eigenvalue weighted by molar-refractivity contribution is 5.64. The molecule has 1 aliphatic rings. The average molecular weight is 523 g/mol. The summed E-state index contributed by atoms with van der Waals surface area (Å²) in [7, 11) is 7.22. The van der Waals surface area contributed by atoms with Crippen molar-refractivity contribution >= 4 is 5.69 Å². The number of hydrogen-bond acceptors (Lipinski definition) is 6. The van der Waals surface area contributed by atoms with Crippen LogP contribution in [0.5, 0.6) is 23.0 Å². The van der Waals surface area contributed by atoms with Gasteiger partial charge in [-0.2, -0.15) is 0 Å². The maximum absolute atomic E-state index is 14.9. The molecule has 38 heavy (non-hydrogen) atoms. The molecule has 0 fully saturated rings. The first-order valence-electron chi connectivity index (χ1n) is 13.2. The van der Waals surface area contributed by atoms with Crippen molar-refractivity contribution in [3.8, 4) is 23.0 Å². The Labute approximate surface area is 225 Å². The van der Waals surface area contributed by atoms with E-state index in [2.05, 4.69) is 17.9 Å². The minimum Gasteiger partial charge on any atom is -0.508 e. The van der Waals surface area contributed by atoms with E-state index in [4.69, 9.17) is 14.2 Å². The van der Waals surface area contributed by atoms with Crippen molar-refractivity contribution in [3.05, 3.63) is 76.6 Å². The molecule has 0 radical (unpaired) electrons. The molecule has 3 aromatic carbocycles. The van der Waals surface area contributed by atoms with Gasteiger partial charge in [-0.3, -0.25) is 0 Å². The maximum Gasteiger partial charge on any atom is 0.165 e. The molecule has 0 bridgehead atoms. The quantitative estimate of drug-likeness (QED) is 0.344. The summed E-state index contributed by atoms with van der Waals surface area (Å²) in [4.78, 5) is 4.26. The number of phenols is 1. The van der Waals surface area contributed by atoms with Crippen LogP contribution >= 0.6 is 0 Å². The van der Waals surface area contributed by atoms with Gasteiger partial charge in [-0.1, -0.05) is 12.1 Å². The predicted octanol–water partition coefficient (Wildman–Crippen LogP) is 5.79. The van der Waals surface area contributed by atoms with Crippen LogP contribution in [0.3, 0.4) is 0 Å². The number of hydrogen-bond donors (Lipinski definition) is 1. The Kier molecular flexibility index (Phi) is 9.00. The second kappa shape index (κ2) is 12.4. The number of phenolic OH excluding ortho intramolecular Hbond substituents is 1. The van der Waals surface area contributed by atoms with Crippen LogP contribution in [0.15, 0.2) is 48.5 Å². The molecule has 1 aliphatic carbocycles. The maximum atomic E-state index is 14.9. The predicted molar refractivity (Wildman–Crippen MR) is 150 cm³/mol. The molecule has 1 unspecified atom stereocenters. The van der Waals surface area contributed by atoms with E-state index in [-0.39, 0.29) is 17.5 Å². The minimum absolute atomic E-state index is 0.275. The zero-order valence-corrected chi connectivity index (χ0v) is 23.1. The number of anilines is 1. The molecule has 6 nitrogen and oxygen atoms in total. The number of halogens is 1. The number of aromatic hydroxyl groups is 1. The van der Waals surface area contributed by atoms with E-state index < -0.39 is 0 Å². The second-order valence-electron chi connectivity index (χ2n) is 10.1. The highest BCUT2D eigenvalue weighted by Crippen LogP contribution is 2.43. The summed E-state index contributed by atoms with van der Waals surface area (Å²) in [6.45, 7) is 4.55. The molecule has 4 rings (SSSR count). The molecule has 0 spiro atoms. The van der Waals surface area contributed by atoms with Crippen molar-refractivity contribution in [1.29, 1.82) is 0 Å². The van der Waals surface area contributed by atoms with Crippen LogP contribution in [0.4, 0.5) is 10.1 Å². The van der Waals surface area contributed by atoms with E-state index in [1.165, 1.54) is 16.7 Å². The van der Waals surface area contributed by atoms with Gasteiger partial charge in [0.25, 0.3) is 0 Å². The number of aryl methyl sites for hydroxylation is 1. The van der Waals surface area contributed by atoms with Gasteiger partial charge in [0.2, 0.25) is 0 Å².